The van der Waals surface area contributed by atoms with Crippen LogP contribution in [0.5, 0.6) is 0 Å². The van der Waals surface area contributed by atoms with Crippen molar-refractivity contribution < 1.29 is 14.4 Å². The predicted octanol–water partition coefficient (Wildman–Crippen LogP) is 4.34. The Morgan fingerprint density at radius 3 is 2.32 bits per heavy atom. The van der Waals surface area contributed by atoms with Crippen LogP contribution in [-0.4, -0.2) is 28.7 Å². The molecule has 1 saturated heterocycles. The van der Waals surface area contributed by atoms with Gasteiger partial charge in [-0.15, -0.1) is 0 Å². The predicted molar refractivity (Wildman–Crippen MR) is 121 cm³/mol. The van der Waals surface area contributed by atoms with Gasteiger partial charge in [-0.2, -0.15) is 0 Å². The number of halogens is 1. The first-order valence-electron chi connectivity index (χ1n) is 10.9. The van der Waals surface area contributed by atoms with Gasteiger partial charge in [0.25, 0.3) is 0 Å². The molecule has 5 atom stereocenters. The van der Waals surface area contributed by atoms with Crippen LogP contribution in [0.1, 0.15) is 30.4 Å². The van der Waals surface area contributed by atoms with Gasteiger partial charge >= 0.3 is 0 Å². The SMILES string of the molecule is Cc1cc(Br)ccc1NC(=O)[C@@H](Cc1ccccc1)N1C(=O)[C@@H]2[C@H]3CC[C@@H](C3)[C@@H]2C1=O. The molecular weight excluding hydrogens is 456 g/mol. The summed E-state index contributed by atoms with van der Waals surface area (Å²) < 4.78 is 0.928. The zero-order chi connectivity index (χ0) is 21.7. The molecule has 3 fully saturated rings. The Morgan fingerprint density at radius 2 is 1.71 bits per heavy atom. The monoisotopic (exact) mass is 480 g/mol. The van der Waals surface area contributed by atoms with Crippen molar-refractivity contribution in [2.75, 3.05) is 5.32 Å². The third-order valence-corrected chi connectivity index (χ3v) is 7.79. The summed E-state index contributed by atoms with van der Waals surface area (Å²) in [6.07, 6.45) is 3.33. The smallest absolute Gasteiger partial charge is 0.248 e. The lowest BCUT2D eigenvalue weighted by molar-refractivity contribution is -0.147. The Morgan fingerprint density at radius 1 is 1.06 bits per heavy atom. The second-order valence-electron chi connectivity index (χ2n) is 9.09. The lowest BCUT2D eigenvalue weighted by Crippen LogP contribution is -2.49. The van der Waals surface area contributed by atoms with E-state index in [2.05, 4.69) is 21.2 Å². The topological polar surface area (TPSA) is 66.5 Å². The van der Waals surface area contributed by atoms with E-state index in [4.69, 9.17) is 0 Å². The van der Waals surface area contributed by atoms with Crippen molar-refractivity contribution in [2.24, 2.45) is 23.7 Å². The number of imide groups is 1. The van der Waals surface area contributed by atoms with Crippen LogP contribution >= 0.6 is 15.9 Å². The number of benzene rings is 2. The van der Waals surface area contributed by atoms with Crippen molar-refractivity contribution in [1.82, 2.24) is 4.90 Å². The van der Waals surface area contributed by atoms with Gasteiger partial charge in [-0.3, -0.25) is 19.3 Å². The van der Waals surface area contributed by atoms with Crippen molar-refractivity contribution >= 4 is 39.3 Å². The molecule has 160 valence electrons. The minimum atomic E-state index is -0.851. The Bertz CT molecular complexity index is 1030. The fourth-order valence-electron chi connectivity index (χ4n) is 5.86. The molecular formula is C25H25BrN2O3. The van der Waals surface area contributed by atoms with E-state index in [1.54, 1.807) is 0 Å². The molecule has 2 aromatic carbocycles. The summed E-state index contributed by atoms with van der Waals surface area (Å²) in [6, 6.07) is 14.4. The second kappa shape index (κ2) is 7.90. The average molecular weight is 481 g/mol. The summed E-state index contributed by atoms with van der Waals surface area (Å²) in [4.78, 5) is 41.6. The molecule has 0 radical (unpaired) electrons. The van der Waals surface area contributed by atoms with E-state index in [1.807, 2.05) is 55.5 Å². The van der Waals surface area contributed by atoms with E-state index >= 15 is 0 Å². The molecule has 5 nitrogen and oxygen atoms in total. The molecule has 2 bridgehead atoms. The molecule has 0 unspecified atom stereocenters. The van der Waals surface area contributed by atoms with Crippen LogP contribution in [0.25, 0.3) is 0 Å². The minimum Gasteiger partial charge on any atom is -0.324 e. The molecule has 6 heteroatoms. The Labute approximate surface area is 190 Å². The van der Waals surface area contributed by atoms with Crippen molar-refractivity contribution in [3.05, 3.63) is 64.1 Å². The van der Waals surface area contributed by atoms with Crippen LogP contribution in [0.4, 0.5) is 5.69 Å². The molecule has 2 aliphatic carbocycles. The van der Waals surface area contributed by atoms with Gasteiger partial charge in [-0.1, -0.05) is 46.3 Å². The van der Waals surface area contributed by atoms with Crippen molar-refractivity contribution in [1.29, 1.82) is 0 Å². The number of nitrogens with one attached hydrogen (secondary N) is 1. The van der Waals surface area contributed by atoms with Gasteiger partial charge in [0.2, 0.25) is 17.7 Å². The first-order chi connectivity index (χ1) is 14.9. The number of aryl methyl sites for hydroxylation is 1. The zero-order valence-electron chi connectivity index (χ0n) is 17.4. The standard InChI is InChI=1S/C25H25BrN2O3/c1-14-11-18(26)9-10-19(14)27-23(29)20(12-15-5-3-2-4-6-15)28-24(30)21-16-7-8-17(13-16)22(21)25(28)31/h2-6,9-11,16-17,20-22H,7-8,12-13H2,1H3,(H,27,29)/t16-,17-,20+,21-,22+/m0/s1. The van der Waals surface area contributed by atoms with Crippen LogP contribution in [0, 0.1) is 30.6 Å². The summed E-state index contributed by atoms with van der Waals surface area (Å²) in [5.41, 5.74) is 2.52. The Balaban J connectivity index is 1.46. The highest BCUT2D eigenvalue weighted by molar-refractivity contribution is 9.10. The number of fused-ring (bicyclic) bond motifs is 5. The quantitative estimate of drug-likeness (QED) is 0.647. The third-order valence-electron chi connectivity index (χ3n) is 7.29. The van der Waals surface area contributed by atoms with Gasteiger partial charge < -0.3 is 5.32 Å². The highest BCUT2D eigenvalue weighted by Crippen LogP contribution is 2.56. The van der Waals surface area contributed by atoms with Gasteiger partial charge in [0.15, 0.2) is 0 Å². The molecule has 2 aromatic rings. The molecule has 1 heterocycles. The number of nitrogens with zero attached hydrogens (tertiary/aromatic N) is 1. The first kappa shape index (κ1) is 20.4. The molecule has 1 N–H and O–H groups in total. The van der Waals surface area contributed by atoms with E-state index in [0.29, 0.717) is 23.9 Å². The maximum Gasteiger partial charge on any atom is 0.248 e. The van der Waals surface area contributed by atoms with Crippen molar-refractivity contribution in [3.63, 3.8) is 0 Å². The van der Waals surface area contributed by atoms with E-state index in [-0.39, 0.29) is 29.6 Å². The Hall–Kier alpha value is -2.47. The van der Waals surface area contributed by atoms with Crippen LogP contribution in [0.2, 0.25) is 0 Å². The highest BCUT2D eigenvalue weighted by Gasteiger charge is 2.62. The van der Waals surface area contributed by atoms with Gasteiger partial charge in [0.05, 0.1) is 11.8 Å². The van der Waals surface area contributed by atoms with Crippen molar-refractivity contribution in [2.45, 2.75) is 38.6 Å². The van der Waals surface area contributed by atoms with Crippen LogP contribution in [0.15, 0.2) is 53.0 Å². The largest absolute Gasteiger partial charge is 0.324 e. The lowest BCUT2D eigenvalue weighted by Gasteiger charge is -2.27. The number of hydrogen-bond acceptors (Lipinski definition) is 3. The van der Waals surface area contributed by atoms with Crippen molar-refractivity contribution in [3.8, 4) is 0 Å². The third kappa shape index (κ3) is 3.51. The second-order valence-corrected chi connectivity index (χ2v) is 10.0. The average Bonchev–Trinajstić information content (AvgIpc) is 3.43. The molecule has 5 rings (SSSR count). The number of hydrogen-bond donors (Lipinski definition) is 1. The van der Waals surface area contributed by atoms with E-state index in [0.717, 1.165) is 34.9 Å². The molecule has 1 aliphatic heterocycles. The zero-order valence-corrected chi connectivity index (χ0v) is 19.0. The van der Waals surface area contributed by atoms with E-state index < -0.39 is 6.04 Å². The molecule has 0 aromatic heterocycles. The number of carbonyl (C=O) groups is 3. The van der Waals surface area contributed by atoms with E-state index in [9.17, 15) is 14.4 Å². The summed E-state index contributed by atoms with van der Waals surface area (Å²) in [5.74, 6) is -0.477. The number of amides is 3. The summed E-state index contributed by atoms with van der Waals surface area (Å²) in [5, 5.41) is 2.97. The molecule has 3 aliphatic rings. The fraction of sp³-hybridized carbons (Fsp3) is 0.400. The number of rotatable bonds is 5. The highest BCUT2D eigenvalue weighted by atomic mass is 79.9. The van der Waals surface area contributed by atoms with Crippen LogP contribution in [0.3, 0.4) is 0 Å². The van der Waals surface area contributed by atoms with Gasteiger partial charge in [0.1, 0.15) is 6.04 Å². The first-order valence-corrected chi connectivity index (χ1v) is 11.7. The van der Waals surface area contributed by atoms with Gasteiger partial charge in [0, 0.05) is 16.6 Å². The molecule has 31 heavy (non-hydrogen) atoms. The van der Waals surface area contributed by atoms with Crippen LogP contribution in [-0.2, 0) is 20.8 Å². The number of carbonyl (C=O) groups excluding carboxylic acids is 3. The number of anilines is 1. The maximum atomic E-state index is 13.5. The Kier molecular flexibility index (Phi) is 5.21. The summed E-state index contributed by atoms with van der Waals surface area (Å²) in [7, 11) is 0. The summed E-state index contributed by atoms with van der Waals surface area (Å²) in [6.45, 7) is 1.92. The molecule has 2 saturated carbocycles. The normalized spacial score (nSPS) is 27.5. The van der Waals surface area contributed by atoms with Gasteiger partial charge in [-0.05, 0) is 67.3 Å². The fourth-order valence-corrected chi connectivity index (χ4v) is 6.34. The maximum absolute atomic E-state index is 13.5. The molecule has 3 amide bonds. The summed E-state index contributed by atoms with van der Waals surface area (Å²) >= 11 is 3.44. The minimum absolute atomic E-state index is 0.147. The van der Waals surface area contributed by atoms with Crippen LogP contribution < -0.4 is 5.32 Å². The van der Waals surface area contributed by atoms with Gasteiger partial charge in [-0.25, -0.2) is 0 Å². The number of likely N-dealkylation sites (tertiary alicyclic amines) is 1. The molecule has 0 spiro atoms. The van der Waals surface area contributed by atoms with E-state index in [1.165, 1.54) is 4.90 Å². The lowest BCUT2D eigenvalue weighted by atomic mass is 9.81.